The molecule has 1 heterocycles. The molecule has 0 radical (unpaired) electrons. The minimum Gasteiger partial charge on any atom is -0.350 e. The van der Waals surface area contributed by atoms with Gasteiger partial charge in [0, 0.05) is 36.8 Å². The molecule has 2 N–H and O–H groups in total. The van der Waals surface area contributed by atoms with Crippen molar-refractivity contribution in [2.45, 2.75) is 44.0 Å². The summed E-state index contributed by atoms with van der Waals surface area (Å²) in [4.78, 5) is 26.1. The summed E-state index contributed by atoms with van der Waals surface area (Å²) >= 11 is 0. The van der Waals surface area contributed by atoms with Crippen LogP contribution in [0.3, 0.4) is 0 Å². The number of carbonyl (C=O) groups is 2. The second-order valence-corrected chi connectivity index (χ2v) is 9.38. The Morgan fingerprint density at radius 3 is 2.68 bits per heavy atom. The molecule has 7 nitrogen and oxygen atoms in total. The maximum absolute atomic E-state index is 13.8. The third kappa shape index (κ3) is 5.61. The number of nitrogens with one attached hydrogen (secondary N) is 2. The molecular formula is C22H26FN3O4S. The average Bonchev–Trinajstić information content (AvgIpc) is 2.73. The van der Waals surface area contributed by atoms with Gasteiger partial charge in [0.25, 0.3) is 15.9 Å². The quantitative estimate of drug-likeness (QED) is 0.682. The Bertz CT molecular complexity index is 1090. The molecule has 1 atom stereocenters. The Kier molecular flexibility index (Phi) is 6.94. The van der Waals surface area contributed by atoms with Gasteiger partial charge in [-0.3, -0.25) is 14.3 Å². The zero-order valence-corrected chi connectivity index (χ0v) is 18.3. The highest BCUT2D eigenvalue weighted by atomic mass is 32.2. The maximum Gasteiger partial charge on any atom is 0.261 e. The number of halogens is 1. The molecule has 0 spiro atoms. The lowest BCUT2D eigenvalue weighted by Crippen LogP contribution is -2.47. The SMILES string of the molecule is Cc1ccc(S(=O)(=O)Nc2cccc(C(=O)NC[C@@H](C)N3CCCCC3=O)c2)cc1F. The van der Waals surface area contributed by atoms with Gasteiger partial charge in [-0.05, 0) is 62.6 Å². The van der Waals surface area contributed by atoms with Crippen LogP contribution in [0.2, 0.25) is 0 Å². The fourth-order valence-electron chi connectivity index (χ4n) is 3.42. The minimum atomic E-state index is -4.01. The van der Waals surface area contributed by atoms with Crippen molar-refractivity contribution in [2.75, 3.05) is 17.8 Å². The Hall–Kier alpha value is -2.94. The van der Waals surface area contributed by atoms with Crippen molar-refractivity contribution >= 4 is 27.5 Å². The number of sulfonamides is 1. The lowest BCUT2D eigenvalue weighted by Gasteiger charge is -2.32. The van der Waals surface area contributed by atoms with Crippen LogP contribution in [0.4, 0.5) is 10.1 Å². The van der Waals surface area contributed by atoms with E-state index in [2.05, 4.69) is 10.0 Å². The van der Waals surface area contributed by atoms with Gasteiger partial charge in [-0.2, -0.15) is 0 Å². The van der Waals surface area contributed by atoms with E-state index in [9.17, 15) is 22.4 Å². The molecule has 0 aliphatic carbocycles. The van der Waals surface area contributed by atoms with Crippen LogP contribution in [-0.4, -0.2) is 44.3 Å². The van der Waals surface area contributed by atoms with Gasteiger partial charge in [0.05, 0.1) is 4.90 Å². The van der Waals surface area contributed by atoms with E-state index in [4.69, 9.17) is 0 Å². The predicted octanol–water partition coefficient (Wildman–Crippen LogP) is 3.07. The van der Waals surface area contributed by atoms with Crippen molar-refractivity contribution in [2.24, 2.45) is 0 Å². The number of rotatable bonds is 7. The summed E-state index contributed by atoms with van der Waals surface area (Å²) in [5.41, 5.74) is 0.804. The Morgan fingerprint density at radius 2 is 1.97 bits per heavy atom. The first-order chi connectivity index (χ1) is 14.7. The number of aryl methyl sites for hydroxylation is 1. The first-order valence-electron chi connectivity index (χ1n) is 10.1. The molecule has 2 aromatic carbocycles. The lowest BCUT2D eigenvalue weighted by molar-refractivity contribution is -0.135. The van der Waals surface area contributed by atoms with E-state index in [-0.39, 0.29) is 34.0 Å². The van der Waals surface area contributed by atoms with E-state index >= 15 is 0 Å². The van der Waals surface area contributed by atoms with Crippen molar-refractivity contribution in [3.8, 4) is 0 Å². The van der Waals surface area contributed by atoms with Crippen LogP contribution in [-0.2, 0) is 14.8 Å². The summed E-state index contributed by atoms with van der Waals surface area (Å²) in [5, 5.41) is 2.79. The molecule has 0 bridgehead atoms. The zero-order chi connectivity index (χ0) is 22.6. The average molecular weight is 448 g/mol. The second-order valence-electron chi connectivity index (χ2n) is 7.70. The molecule has 0 aromatic heterocycles. The van der Waals surface area contributed by atoms with E-state index in [0.717, 1.165) is 18.9 Å². The number of hydrogen-bond acceptors (Lipinski definition) is 4. The van der Waals surface area contributed by atoms with Crippen LogP contribution in [0.1, 0.15) is 42.1 Å². The molecule has 31 heavy (non-hydrogen) atoms. The zero-order valence-electron chi connectivity index (χ0n) is 17.5. The number of carbonyl (C=O) groups excluding carboxylic acids is 2. The van der Waals surface area contributed by atoms with Crippen molar-refractivity contribution < 1.29 is 22.4 Å². The highest BCUT2D eigenvalue weighted by Crippen LogP contribution is 2.19. The summed E-state index contributed by atoms with van der Waals surface area (Å²) in [6.45, 7) is 4.41. The number of likely N-dealkylation sites (tertiary alicyclic amines) is 1. The van der Waals surface area contributed by atoms with Crippen molar-refractivity contribution in [1.29, 1.82) is 0 Å². The largest absolute Gasteiger partial charge is 0.350 e. The molecule has 9 heteroatoms. The van der Waals surface area contributed by atoms with Crippen LogP contribution < -0.4 is 10.0 Å². The van der Waals surface area contributed by atoms with E-state index in [0.29, 0.717) is 25.1 Å². The molecule has 2 aromatic rings. The van der Waals surface area contributed by atoms with Crippen LogP contribution in [0.25, 0.3) is 0 Å². The van der Waals surface area contributed by atoms with E-state index < -0.39 is 15.8 Å². The summed E-state index contributed by atoms with van der Waals surface area (Å²) < 4.78 is 41.2. The van der Waals surface area contributed by atoms with E-state index in [1.54, 1.807) is 24.0 Å². The highest BCUT2D eigenvalue weighted by Gasteiger charge is 2.23. The number of nitrogens with zero attached hydrogens (tertiary/aromatic N) is 1. The van der Waals surface area contributed by atoms with Crippen molar-refractivity contribution in [3.63, 3.8) is 0 Å². The first-order valence-corrected chi connectivity index (χ1v) is 11.6. The number of anilines is 1. The summed E-state index contributed by atoms with van der Waals surface area (Å²) in [5.74, 6) is -0.895. The molecule has 1 aliphatic heterocycles. The number of piperidine rings is 1. The van der Waals surface area contributed by atoms with Gasteiger partial charge < -0.3 is 10.2 Å². The van der Waals surface area contributed by atoms with Crippen LogP contribution in [0.15, 0.2) is 47.4 Å². The molecule has 1 fully saturated rings. The van der Waals surface area contributed by atoms with E-state index in [1.165, 1.54) is 24.3 Å². The third-order valence-electron chi connectivity index (χ3n) is 5.28. The number of benzene rings is 2. The molecule has 2 amide bonds. The van der Waals surface area contributed by atoms with Gasteiger partial charge in [-0.1, -0.05) is 12.1 Å². The minimum absolute atomic E-state index is 0.0944. The molecule has 166 valence electrons. The molecule has 1 saturated heterocycles. The first kappa shape index (κ1) is 22.7. The number of hydrogen-bond donors (Lipinski definition) is 2. The van der Waals surface area contributed by atoms with Gasteiger partial charge >= 0.3 is 0 Å². The van der Waals surface area contributed by atoms with Crippen LogP contribution in [0, 0.1) is 12.7 Å². The van der Waals surface area contributed by atoms with Gasteiger partial charge in [-0.15, -0.1) is 0 Å². The lowest BCUT2D eigenvalue weighted by atomic mass is 10.1. The second kappa shape index (κ2) is 9.47. The normalized spacial score (nSPS) is 15.5. The van der Waals surface area contributed by atoms with Gasteiger partial charge in [0.1, 0.15) is 5.82 Å². The van der Waals surface area contributed by atoms with Crippen molar-refractivity contribution in [1.82, 2.24) is 10.2 Å². The molecule has 3 rings (SSSR count). The molecule has 1 aliphatic rings. The summed E-state index contributed by atoms with van der Waals surface area (Å²) in [7, 11) is -4.01. The Morgan fingerprint density at radius 1 is 1.19 bits per heavy atom. The Labute approximate surface area is 181 Å². The fraction of sp³-hybridized carbons (Fsp3) is 0.364. The summed E-state index contributed by atoms with van der Waals surface area (Å²) in [6.07, 6.45) is 2.38. The highest BCUT2D eigenvalue weighted by molar-refractivity contribution is 7.92. The summed E-state index contributed by atoms with van der Waals surface area (Å²) in [6, 6.07) is 9.58. The molecular weight excluding hydrogens is 421 g/mol. The number of amides is 2. The monoisotopic (exact) mass is 447 g/mol. The predicted molar refractivity (Wildman–Crippen MR) is 116 cm³/mol. The molecule has 0 saturated carbocycles. The van der Waals surface area contributed by atoms with E-state index in [1.807, 2.05) is 6.92 Å². The van der Waals surface area contributed by atoms with Gasteiger partial charge in [-0.25, -0.2) is 12.8 Å². The van der Waals surface area contributed by atoms with Gasteiger partial charge in [0.15, 0.2) is 0 Å². The standard InChI is InChI=1S/C22H26FN3O4S/c1-15-9-10-19(13-20(15)23)31(29,30)25-18-7-5-6-17(12-18)22(28)24-14-16(2)26-11-4-3-8-21(26)27/h5-7,9-10,12-13,16,25H,3-4,8,11,14H2,1-2H3,(H,24,28)/t16-/m1/s1. The fourth-order valence-corrected chi connectivity index (χ4v) is 4.49. The van der Waals surface area contributed by atoms with Crippen LogP contribution >= 0.6 is 0 Å². The molecule has 0 unspecified atom stereocenters. The van der Waals surface area contributed by atoms with Gasteiger partial charge in [0.2, 0.25) is 5.91 Å². The van der Waals surface area contributed by atoms with Crippen molar-refractivity contribution in [3.05, 3.63) is 59.4 Å². The maximum atomic E-state index is 13.8. The third-order valence-corrected chi connectivity index (χ3v) is 6.66. The Balaban J connectivity index is 1.65. The topological polar surface area (TPSA) is 95.6 Å². The van der Waals surface area contributed by atoms with Crippen LogP contribution in [0.5, 0.6) is 0 Å². The smallest absolute Gasteiger partial charge is 0.261 e.